The molecular formula is C11H12ClN3OS. The number of carbonyl (C=O) groups excluding carboxylic acids is 1. The van der Waals surface area contributed by atoms with Crippen molar-refractivity contribution in [2.45, 2.75) is 6.04 Å². The van der Waals surface area contributed by atoms with Crippen LogP contribution in [-0.4, -0.2) is 40.8 Å². The molecule has 2 aliphatic heterocycles. The van der Waals surface area contributed by atoms with E-state index in [1.165, 1.54) is 0 Å². The van der Waals surface area contributed by atoms with Crippen molar-refractivity contribution in [2.24, 2.45) is 10.9 Å². The third-order valence-corrected chi connectivity index (χ3v) is 3.35. The maximum Gasteiger partial charge on any atom is 0.242 e. The quantitative estimate of drug-likeness (QED) is 0.713. The molecule has 1 atom stereocenters. The summed E-state index contributed by atoms with van der Waals surface area (Å²) in [6, 6.07) is 0.185. The lowest BCUT2D eigenvalue weighted by Gasteiger charge is -2.40. The van der Waals surface area contributed by atoms with E-state index in [1.807, 2.05) is 24.3 Å². The minimum Gasteiger partial charge on any atom is -0.313 e. The van der Waals surface area contributed by atoms with Crippen LogP contribution in [0.4, 0.5) is 0 Å². The van der Waals surface area contributed by atoms with Gasteiger partial charge in [-0.15, -0.1) is 12.4 Å². The molecular weight excluding hydrogens is 258 g/mol. The van der Waals surface area contributed by atoms with Crippen molar-refractivity contribution in [2.75, 3.05) is 13.1 Å². The summed E-state index contributed by atoms with van der Waals surface area (Å²) in [4.78, 5) is 18.2. The number of amides is 1. The van der Waals surface area contributed by atoms with Gasteiger partial charge < -0.3 is 5.32 Å². The number of aliphatic imine (C=N–C) groups is 1. The van der Waals surface area contributed by atoms with Crippen LogP contribution in [0.3, 0.4) is 0 Å². The molecule has 0 radical (unpaired) electrons. The Bertz CT molecular complexity index is 454. The highest BCUT2D eigenvalue weighted by molar-refractivity contribution is 7.80. The number of nitrogens with zero attached hydrogens (tertiary/aromatic N) is 2. The molecule has 4 nitrogen and oxygen atoms in total. The largest absolute Gasteiger partial charge is 0.313 e. The molecule has 0 aromatic carbocycles. The lowest BCUT2D eigenvalue weighted by atomic mass is 9.94. The molecule has 0 spiro atoms. The molecule has 1 N–H and O–H groups in total. The molecule has 17 heavy (non-hydrogen) atoms. The Morgan fingerprint density at radius 3 is 2.82 bits per heavy atom. The van der Waals surface area contributed by atoms with E-state index in [2.05, 4.69) is 10.3 Å². The molecule has 2 heterocycles. The number of carbonyl (C=O) groups is 1. The summed E-state index contributed by atoms with van der Waals surface area (Å²) in [5, 5.41) is 3.54. The van der Waals surface area contributed by atoms with Crippen molar-refractivity contribution in [1.82, 2.24) is 10.2 Å². The number of nitrogens with one attached hydrogen (secondary N) is 1. The van der Waals surface area contributed by atoms with Crippen LogP contribution in [0.1, 0.15) is 0 Å². The Morgan fingerprint density at radius 1 is 1.41 bits per heavy atom. The maximum absolute atomic E-state index is 12.2. The Labute approximate surface area is 111 Å². The van der Waals surface area contributed by atoms with E-state index >= 15 is 0 Å². The van der Waals surface area contributed by atoms with Crippen molar-refractivity contribution in [3.63, 3.8) is 0 Å². The number of halogens is 1. The first-order chi connectivity index (χ1) is 7.77. The predicted octanol–water partition coefficient (Wildman–Crippen LogP) is 0.690. The first-order valence-electron chi connectivity index (χ1n) is 5.28. The molecule has 1 aliphatic carbocycles. The van der Waals surface area contributed by atoms with Gasteiger partial charge in [-0.1, -0.05) is 18.2 Å². The zero-order chi connectivity index (χ0) is 11.1. The molecule has 1 fully saturated rings. The number of fused-ring (bicyclic) bond motifs is 1. The number of allylic oxidation sites excluding steroid dienone is 3. The van der Waals surface area contributed by atoms with E-state index in [1.54, 1.807) is 4.90 Å². The lowest BCUT2D eigenvalue weighted by Crippen LogP contribution is -2.62. The maximum atomic E-state index is 12.2. The highest BCUT2D eigenvalue weighted by atomic mass is 35.5. The molecule has 0 aromatic rings. The van der Waals surface area contributed by atoms with Gasteiger partial charge in [0.1, 0.15) is 0 Å². The molecule has 0 bridgehead atoms. The van der Waals surface area contributed by atoms with Gasteiger partial charge in [-0.3, -0.25) is 9.69 Å². The van der Waals surface area contributed by atoms with Gasteiger partial charge in [-0.2, -0.15) is 0 Å². The summed E-state index contributed by atoms with van der Waals surface area (Å²) in [5.74, 6) is -0.181. The minimum atomic E-state index is -0.239. The summed E-state index contributed by atoms with van der Waals surface area (Å²) < 4.78 is 0. The Kier molecular flexibility index (Phi) is 3.42. The first kappa shape index (κ1) is 12.4. The SMILES string of the molecule is Cl.O=C1C2C=CC=CC2=NC(=S)N1C1CNC1. The van der Waals surface area contributed by atoms with Crippen LogP contribution in [0.15, 0.2) is 29.3 Å². The van der Waals surface area contributed by atoms with E-state index in [4.69, 9.17) is 12.2 Å². The standard InChI is InChI=1S/C11H11N3OS.ClH/c15-10-8-3-1-2-4-9(8)13-11(16)14(10)7-5-12-6-7;/h1-4,7-8,12H,5-6H2;1H. The minimum absolute atomic E-state index is 0. The van der Waals surface area contributed by atoms with Crippen LogP contribution in [0.2, 0.25) is 0 Å². The van der Waals surface area contributed by atoms with Crippen LogP contribution < -0.4 is 5.32 Å². The molecule has 1 saturated heterocycles. The third kappa shape index (κ3) is 1.94. The van der Waals surface area contributed by atoms with E-state index < -0.39 is 0 Å². The van der Waals surface area contributed by atoms with Gasteiger partial charge in [0, 0.05) is 13.1 Å². The summed E-state index contributed by atoms with van der Waals surface area (Å²) in [6.07, 6.45) is 7.49. The topological polar surface area (TPSA) is 44.7 Å². The summed E-state index contributed by atoms with van der Waals surface area (Å²) in [5.41, 5.74) is 0.765. The van der Waals surface area contributed by atoms with Gasteiger partial charge in [0.2, 0.25) is 11.0 Å². The number of rotatable bonds is 1. The summed E-state index contributed by atoms with van der Waals surface area (Å²) in [6.45, 7) is 1.62. The first-order valence-corrected chi connectivity index (χ1v) is 5.69. The van der Waals surface area contributed by atoms with Gasteiger partial charge in [0.05, 0.1) is 17.7 Å². The second-order valence-corrected chi connectivity index (χ2v) is 4.43. The molecule has 0 saturated carbocycles. The zero-order valence-electron chi connectivity index (χ0n) is 9.00. The monoisotopic (exact) mass is 269 g/mol. The van der Waals surface area contributed by atoms with Gasteiger partial charge in [0.15, 0.2) is 0 Å². The Hall–Kier alpha value is -1.04. The van der Waals surface area contributed by atoms with Crippen molar-refractivity contribution < 1.29 is 4.79 Å². The average Bonchev–Trinajstić information content (AvgIpc) is 2.21. The predicted molar refractivity (Wildman–Crippen MR) is 72.6 cm³/mol. The molecule has 1 unspecified atom stereocenters. The van der Waals surface area contributed by atoms with E-state index in [9.17, 15) is 4.79 Å². The Balaban J connectivity index is 0.00000108. The van der Waals surface area contributed by atoms with Crippen molar-refractivity contribution in [3.05, 3.63) is 24.3 Å². The number of thiocarbonyl (C=S) groups is 1. The molecule has 6 heteroatoms. The van der Waals surface area contributed by atoms with Crippen LogP contribution in [0.25, 0.3) is 0 Å². The smallest absolute Gasteiger partial charge is 0.242 e. The molecule has 3 rings (SSSR count). The van der Waals surface area contributed by atoms with Gasteiger partial charge >= 0.3 is 0 Å². The fourth-order valence-corrected chi connectivity index (χ4v) is 2.39. The van der Waals surface area contributed by atoms with Crippen LogP contribution in [0.5, 0.6) is 0 Å². The second kappa shape index (κ2) is 4.68. The van der Waals surface area contributed by atoms with Gasteiger partial charge in [-0.25, -0.2) is 4.99 Å². The number of hydrogen-bond donors (Lipinski definition) is 1. The molecule has 1 amide bonds. The van der Waals surface area contributed by atoms with Crippen molar-refractivity contribution in [1.29, 1.82) is 0 Å². The van der Waals surface area contributed by atoms with Gasteiger partial charge in [-0.05, 0) is 18.3 Å². The van der Waals surface area contributed by atoms with Crippen LogP contribution in [0, 0.1) is 5.92 Å². The van der Waals surface area contributed by atoms with Crippen LogP contribution >= 0.6 is 24.6 Å². The number of hydrogen-bond acceptors (Lipinski definition) is 3. The van der Waals surface area contributed by atoms with Gasteiger partial charge in [0.25, 0.3) is 0 Å². The zero-order valence-corrected chi connectivity index (χ0v) is 10.6. The molecule has 3 aliphatic rings. The van der Waals surface area contributed by atoms with Crippen LogP contribution in [-0.2, 0) is 4.79 Å². The van der Waals surface area contributed by atoms with E-state index in [0.29, 0.717) is 5.11 Å². The highest BCUT2D eigenvalue weighted by Gasteiger charge is 2.39. The van der Waals surface area contributed by atoms with E-state index in [0.717, 1.165) is 18.8 Å². The normalized spacial score (nSPS) is 27.2. The highest BCUT2D eigenvalue weighted by Crippen LogP contribution is 2.22. The average molecular weight is 270 g/mol. The second-order valence-electron chi connectivity index (χ2n) is 4.06. The fourth-order valence-electron chi connectivity index (χ4n) is 2.05. The third-order valence-electron chi connectivity index (χ3n) is 3.06. The molecule has 90 valence electrons. The summed E-state index contributed by atoms with van der Waals surface area (Å²) in [7, 11) is 0. The fraction of sp³-hybridized carbons (Fsp3) is 0.364. The molecule has 0 aromatic heterocycles. The summed E-state index contributed by atoms with van der Waals surface area (Å²) >= 11 is 5.18. The lowest BCUT2D eigenvalue weighted by molar-refractivity contribution is -0.130. The van der Waals surface area contributed by atoms with E-state index in [-0.39, 0.29) is 30.3 Å². The Morgan fingerprint density at radius 2 is 2.18 bits per heavy atom. The van der Waals surface area contributed by atoms with Crippen molar-refractivity contribution >= 4 is 41.4 Å². The van der Waals surface area contributed by atoms with Crippen molar-refractivity contribution in [3.8, 4) is 0 Å².